The van der Waals surface area contributed by atoms with Crippen LogP contribution in [0, 0.1) is 87.3 Å². The van der Waals surface area contributed by atoms with Crippen LogP contribution in [0.15, 0.2) is 0 Å². The van der Waals surface area contributed by atoms with E-state index in [2.05, 4.69) is 16.0 Å². The Morgan fingerprint density at radius 2 is 0.500 bits per heavy atom. The number of rotatable bonds is 12. The molecule has 3 aromatic rings. The van der Waals surface area contributed by atoms with E-state index in [9.17, 15) is 65.9 Å². The summed E-state index contributed by atoms with van der Waals surface area (Å²) in [6, 6.07) is 0. The highest BCUT2D eigenvalue weighted by atomic mass is 32.1. The normalized spacial score (nSPS) is 11.1. The van der Waals surface area contributed by atoms with Crippen LogP contribution in [0.2, 0.25) is 0 Å². The number of nitrogens with zero attached hydrogens (tertiary/aromatic N) is 1. The molecule has 3 rings (SSSR count). The lowest BCUT2D eigenvalue weighted by atomic mass is 10.2. The van der Waals surface area contributed by atoms with Gasteiger partial charge in [-0.2, -0.15) is 0 Å². The van der Waals surface area contributed by atoms with Gasteiger partial charge in [-0.3, -0.25) is 4.90 Å². The molecule has 0 aliphatic rings. The van der Waals surface area contributed by atoms with Crippen molar-refractivity contribution in [3.8, 4) is 0 Å². The van der Waals surface area contributed by atoms with Crippen LogP contribution < -0.4 is 31.9 Å². The Morgan fingerprint density at radius 3 is 0.692 bits per heavy atom. The van der Waals surface area contributed by atoms with Crippen molar-refractivity contribution in [2.75, 3.05) is 55.2 Å². The average molecular weight is 822 g/mol. The van der Waals surface area contributed by atoms with E-state index in [0.717, 1.165) is 0 Å². The van der Waals surface area contributed by atoms with Gasteiger partial charge in [0, 0.05) is 39.3 Å². The minimum atomic E-state index is -2.42. The van der Waals surface area contributed by atoms with Crippen LogP contribution in [0.3, 0.4) is 0 Å². The molecule has 0 saturated carbocycles. The van der Waals surface area contributed by atoms with E-state index in [0.29, 0.717) is 0 Å². The number of nitrogens with one attached hydrogen (secondary N) is 6. The third kappa shape index (κ3) is 9.54. The Hall–Kier alpha value is -4.36. The SMILES string of the molecule is Fc1c(F)c(F)c(NC(=S)NCCN(CCNC(=S)Nc2c(F)c(F)c(F)c(F)c2F)CCNC(=S)Nc2c(F)c(F)c(F)c(F)c2F)c(F)c1F. The molecule has 25 heteroatoms. The maximum absolute atomic E-state index is 14.0. The maximum atomic E-state index is 14.0. The summed E-state index contributed by atoms with van der Waals surface area (Å²) in [4.78, 5) is 1.44. The van der Waals surface area contributed by atoms with Crippen molar-refractivity contribution in [1.29, 1.82) is 0 Å². The molecule has 0 atom stereocenters. The van der Waals surface area contributed by atoms with Crippen molar-refractivity contribution in [1.82, 2.24) is 20.9 Å². The van der Waals surface area contributed by atoms with E-state index in [-0.39, 0.29) is 39.3 Å². The fourth-order valence-electron chi connectivity index (χ4n) is 3.94. The summed E-state index contributed by atoms with van der Waals surface area (Å²) >= 11 is 14.5. The highest BCUT2D eigenvalue weighted by molar-refractivity contribution is 7.80. The predicted octanol–water partition coefficient (Wildman–Crippen LogP) is 6.33. The van der Waals surface area contributed by atoms with Crippen LogP contribution in [0.5, 0.6) is 0 Å². The Bertz CT molecular complexity index is 1600. The molecule has 0 radical (unpaired) electrons. The molecule has 0 aliphatic heterocycles. The predicted molar refractivity (Wildman–Crippen MR) is 168 cm³/mol. The average Bonchev–Trinajstić information content (AvgIpc) is 3.11. The number of hydrogen-bond donors (Lipinski definition) is 6. The number of benzene rings is 3. The molecule has 0 bridgehead atoms. The van der Waals surface area contributed by atoms with Crippen LogP contribution >= 0.6 is 36.7 Å². The van der Waals surface area contributed by atoms with Gasteiger partial charge in [-0.1, -0.05) is 0 Å². The Morgan fingerprint density at radius 1 is 0.327 bits per heavy atom. The van der Waals surface area contributed by atoms with Crippen molar-refractivity contribution < 1.29 is 65.9 Å². The molecule has 0 amide bonds. The van der Waals surface area contributed by atoms with Crippen molar-refractivity contribution in [3.63, 3.8) is 0 Å². The van der Waals surface area contributed by atoms with Crippen LogP contribution in [-0.2, 0) is 0 Å². The van der Waals surface area contributed by atoms with Gasteiger partial charge in [-0.15, -0.1) is 0 Å². The monoisotopic (exact) mass is 821 g/mol. The van der Waals surface area contributed by atoms with Gasteiger partial charge < -0.3 is 31.9 Å². The van der Waals surface area contributed by atoms with Crippen LogP contribution in [0.25, 0.3) is 0 Å². The van der Waals surface area contributed by atoms with Crippen LogP contribution in [-0.4, -0.2) is 59.5 Å². The van der Waals surface area contributed by atoms with Crippen LogP contribution in [0.1, 0.15) is 0 Å². The molecule has 0 heterocycles. The fourth-order valence-corrected chi connectivity index (χ4v) is 4.55. The van der Waals surface area contributed by atoms with E-state index in [4.69, 9.17) is 36.7 Å². The topological polar surface area (TPSA) is 75.4 Å². The molecule has 0 fully saturated rings. The molecular weight excluding hydrogens is 804 g/mol. The van der Waals surface area contributed by atoms with E-state index in [1.807, 2.05) is 16.0 Å². The molecule has 0 unspecified atom stereocenters. The summed E-state index contributed by atoms with van der Waals surface area (Å²) in [6.07, 6.45) is 0. The second-order valence-corrected chi connectivity index (χ2v) is 11.0. The first-order valence-corrected chi connectivity index (χ1v) is 14.9. The molecule has 52 heavy (non-hydrogen) atoms. The lowest BCUT2D eigenvalue weighted by molar-refractivity contribution is 0.286. The van der Waals surface area contributed by atoms with E-state index < -0.39 is 120 Å². The van der Waals surface area contributed by atoms with Crippen molar-refractivity contribution >= 4 is 69.1 Å². The second-order valence-electron chi connectivity index (χ2n) is 9.82. The summed E-state index contributed by atoms with van der Waals surface area (Å²) in [5.41, 5.74) is -4.41. The minimum Gasteiger partial charge on any atom is -0.361 e. The smallest absolute Gasteiger partial charge is 0.200 e. The zero-order valence-electron chi connectivity index (χ0n) is 25.1. The van der Waals surface area contributed by atoms with E-state index in [1.54, 1.807) is 0 Å². The van der Waals surface area contributed by atoms with E-state index >= 15 is 0 Å². The minimum absolute atomic E-state index is 0.127. The number of halogens is 15. The molecule has 0 spiro atoms. The molecule has 6 N–H and O–H groups in total. The van der Waals surface area contributed by atoms with Crippen molar-refractivity contribution in [3.05, 3.63) is 87.3 Å². The Labute approximate surface area is 297 Å². The molecule has 0 saturated heterocycles. The quantitative estimate of drug-likeness (QED) is 0.0541. The number of thiocarbonyl (C=S) groups is 3. The lowest BCUT2D eigenvalue weighted by Gasteiger charge is -2.24. The third-order valence-electron chi connectivity index (χ3n) is 6.49. The zero-order valence-corrected chi connectivity index (χ0v) is 27.5. The van der Waals surface area contributed by atoms with Gasteiger partial charge in [-0.25, -0.2) is 65.9 Å². The molecule has 7 nitrogen and oxygen atoms in total. The van der Waals surface area contributed by atoms with Crippen molar-refractivity contribution in [2.24, 2.45) is 0 Å². The first kappa shape index (κ1) is 42.1. The fraction of sp³-hybridized carbons (Fsp3) is 0.222. The first-order chi connectivity index (χ1) is 24.3. The second kappa shape index (κ2) is 17.9. The largest absolute Gasteiger partial charge is 0.361 e. The van der Waals surface area contributed by atoms with Gasteiger partial charge in [-0.05, 0) is 36.7 Å². The lowest BCUT2D eigenvalue weighted by Crippen LogP contribution is -2.44. The van der Waals surface area contributed by atoms with Gasteiger partial charge >= 0.3 is 0 Å². The molecule has 3 aromatic carbocycles. The summed E-state index contributed by atoms with van der Waals surface area (Å²) < 4.78 is 205. The summed E-state index contributed by atoms with van der Waals surface area (Å²) in [5.74, 6) is -34.1. The number of hydrogen-bond acceptors (Lipinski definition) is 4. The summed E-state index contributed by atoms with van der Waals surface area (Å²) in [7, 11) is 0. The molecule has 0 aromatic heterocycles. The van der Waals surface area contributed by atoms with Gasteiger partial charge in [0.15, 0.2) is 85.1 Å². The zero-order chi connectivity index (χ0) is 39.2. The third-order valence-corrected chi connectivity index (χ3v) is 7.22. The molecular formula is C27H18F15N7S3. The standard InChI is InChI=1S/C27H18F15N7S3/c28-7-10(31)16(37)22(17(38)11(7)32)46-25(50)43-1-4-49(5-2-44-26(51)47-23-18(39)12(33)8(29)13(34)19(23)40)6-3-45-27(52)48-24-20(41)14(35)9(30)15(36)21(24)42/h1-6H2,(H2,43,46,50)(H2,44,47,51)(H2,45,48,52). The van der Waals surface area contributed by atoms with Gasteiger partial charge in [0.05, 0.1) is 0 Å². The maximum Gasteiger partial charge on any atom is 0.200 e. The van der Waals surface area contributed by atoms with Gasteiger partial charge in [0.25, 0.3) is 0 Å². The van der Waals surface area contributed by atoms with Crippen molar-refractivity contribution in [2.45, 2.75) is 0 Å². The van der Waals surface area contributed by atoms with Crippen LogP contribution in [0.4, 0.5) is 82.9 Å². The number of anilines is 3. The van der Waals surface area contributed by atoms with E-state index in [1.165, 1.54) is 4.90 Å². The highest BCUT2D eigenvalue weighted by Crippen LogP contribution is 2.29. The highest BCUT2D eigenvalue weighted by Gasteiger charge is 2.28. The van der Waals surface area contributed by atoms with Gasteiger partial charge in [0.2, 0.25) is 17.5 Å². The van der Waals surface area contributed by atoms with Gasteiger partial charge in [0.1, 0.15) is 17.1 Å². The molecule has 0 aliphatic carbocycles. The summed E-state index contributed by atoms with van der Waals surface area (Å²) in [5, 5.41) is 10.8. The molecule has 284 valence electrons. The Balaban J connectivity index is 1.65. The Kier molecular flexibility index (Phi) is 14.5. The summed E-state index contributed by atoms with van der Waals surface area (Å²) in [6.45, 7) is -1.13. The first-order valence-electron chi connectivity index (χ1n) is 13.7.